The quantitative estimate of drug-likeness (QED) is 0.303. The van der Waals surface area contributed by atoms with Crippen molar-refractivity contribution in [3.63, 3.8) is 0 Å². The minimum absolute atomic E-state index is 0.210. The second kappa shape index (κ2) is 8.80. The fourth-order valence-electron chi connectivity index (χ4n) is 5.53. The van der Waals surface area contributed by atoms with Crippen LogP contribution in [0.4, 0.5) is 0 Å². The second-order valence-corrected chi connectivity index (χ2v) is 9.20. The van der Waals surface area contributed by atoms with Gasteiger partial charge in [0.2, 0.25) is 0 Å². The summed E-state index contributed by atoms with van der Waals surface area (Å²) >= 11 is 6.51. The summed E-state index contributed by atoms with van der Waals surface area (Å²) in [7, 11) is 0. The van der Waals surface area contributed by atoms with Gasteiger partial charge in [-0.1, -0.05) is 58.2 Å². The number of allylic oxidation sites excluding steroid dienone is 1. The minimum Gasteiger partial charge on any atom is -0.563 e. The Hall–Kier alpha value is 0.0149. The molecule has 3 rings (SSSR count). The summed E-state index contributed by atoms with van der Waals surface area (Å²) in [5.74, 6) is 2.00. The fraction of sp³-hybridized carbons (Fsp3) is 0.905. The molecule has 3 atom stereocenters. The van der Waals surface area contributed by atoms with Crippen LogP contribution in [0.5, 0.6) is 0 Å². The SMILES string of the molecule is C=C(CC)[C@@H](C)[B-]1(CCl)O[C@H](C2CCCCC2)[C@@H](C2CCCCC2)O1. The molecule has 1 aliphatic heterocycles. The highest BCUT2D eigenvalue weighted by Crippen LogP contribution is 2.47. The van der Waals surface area contributed by atoms with E-state index >= 15 is 0 Å². The van der Waals surface area contributed by atoms with Gasteiger partial charge >= 0.3 is 0 Å². The van der Waals surface area contributed by atoms with Crippen molar-refractivity contribution >= 4 is 18.2 Å². The second-order valence-electron chi connectivity index (χ2n) is 8.89. The lowest BCUT2D eigenvalue weighted by atomic mass is 9.47. The van der Waals surface area contributed by atoms with Gasteiger partial charge in [-0.3, -0.25) is 0 Å². The van der Waals surface area contributed by atoms with Gasteiger partial charge in [0.05, 0.1) is 0 Å². The van der Waals surface area contributed by atoms with E-state index in [1.807, 2.05) is 0 Å². The summed E-state index contributed by atoms with van der Waals surface area (Å²) in [6, 6.07) is 0. The van der Waals surface area contributed by atoms with E-state index in [-0.39, 0.29) is 18.0 Å². The van der Waals surface area contributed by atoms with E-state index in [1.54, 1.807) is 0 Å². The molecule has 1 saturated heterocycles. The zero-order valence-corrected chi connectivity index (χ0v) is 17.1. The molecule has 0 aromatic heterocycles. The maximum Gasteiger partial charge on any atom is 0.261 e. The van der Waals surface area contributed by atoms with Gasteiger partial charge in [-0.25, -0.2) is 0 Å². The molecule has 2 nitrogen and oxygen atoms in total. The van der Waals surface area contributed by atoms with Crippen LogP contribution in [0.25, 0.3) is 0 Å². The first-order valence-corrected chi connectivity index (χ1v) is 11.4. The van der Waals surface area contributed by atoms with E-state index < -0.39 is 6.55 Å². The monoisotopic (exact) mass is 367 g/mol. The molecule has 1 heterocycles. The zero-order chi connectivity index (χ0) is 17.9. The largest absolute Gasteiger partial charge is 0.563 e. The number of alkyl halides is 1. The summed E-state index contributed by atoms with van der Waals surface area (Å²) in [5.41, 5.74) is 1.22. The number of rotatable bonds is 6. The molecule has 4 heteroatoms. The Morgan fingerprint density at radius 3 is 1.76 bits per heavy atom. The smallest absolute Gasteiger partial charge is 0.261 e. The van der Waals surface area contributed by atoms with Crippen LogP contribution in [-0.2, 0) is 9.31 Å². The third-order valence-electron chi connectivity index (χ3n) is 7.40. The molecule has 0 radical (unpaired) electrons. The van der Waals surface area contributed by atoms with Gasteiger partial charge in [0.1, 0.15) is 0 Å². The predicted octanol–water partition coefficient (Wildman–Crippen LogP) is 6.51. The Morgan fingerprint density at radius 2 is 1.40 bits per heavy atom. The first-order valence-electron chi connectivity index (χ1n) is 10.9. The van der Waals surface area contributed by atoms with Crippen molar-refractivity contribution in [3.05, 3.63) is 12.2 Å². The summed E-state index contributed by atoms with van der Waals surface area (Å²) in [6.07, 6.45) is 14.8. The van der Waals surface area contributed by atoms with Crippen molar-refractivity contribution in [1.29, 1.82) is 0 Å². The van der Waals surface area contributed by atoms with Gasteiger partial charge in [-0.2, -0.15) is 11.6 Å². The molecule has 2 aliphatic carbocycles. The number of halogens is 1. The standard InChI is InChI=1S/C21H37BClO2/c1-4-16(2)17(3)22(15-23)24-20(18-11-7-5-8-12-18)21(25-22)19-13-9-6-10-14-19/h17-21H,2,4-15H2,1,3H3/q-1/t17-,20-,21-/m1/s1. The zero-order valence-electron chi connectivity index (χ0n) is 16.4. The average Bonchev–Trinajstić information content (AvgIpc) is 3.09. The maximum atomic E-state index is 6.84. The molecule has 25 heavy (non-hydrogen) atoms. The minimum atomic E-state index is -1.46. The Labute approximate surface area is 160 Å². The lowest BCUT2D eigenvalue weighted by molar-refractivity contribution is 0.0324. The van der Waals surface area contributed by atoms with Crippen LogP contribution < -0.4 is 0 Å². The molecule has 0 unspecified atom stereocenters. The highest BCUT2D eigenvalue weighted by atomic mass is 35.5. The van der Waals surface area contributed by atoms with Crippen LogP contribution in [-0.4, -0.2) is 24.5 Å². The Morgan fingerprint density at radius 1 is 0.960 bits per heavy atom. The first kappa shape index (κ1) is 19.8. The molecule has 3 fully saturated rings. The molecule has 3 aliphatic rings. The third-order valence-corrected chi connectivity index (χ3v) is 7.83. The van der Waals surface area contributed by atoms with E-state index in [4.69, 9.17) is 20.9 Å². The summed E-state index contributed by atoms with van der Waals surface area (Å²) in [5, 5.41) is 0. The molecule has 144 valence electrons. The van der Waals surface area contributed by atoms with E-state index in [2.05, 4.69) is 20.4 Å². The van der Waals surface area contributed by atoms with Crippen LogP contribution in [0.1, 0.15) is 84.5 Å². The normalized spacial score (nSPS) is 32.6. The van der Waals surface area contributed by atoms with E-state index in [0.29, 0.717) is 17.6 Å². The highest BCUT2D eigenvalue weighted by Gasteiger charge is 2.49. The number of hydrogen-bond acceptors (Lipinski definition) is 2. The topological polar surface area (TPSA) is 18.5 Å². The average molecular weight is 368 g/mol. The van der Waals surface area contributed by atoms with Gasteiger partial charge in [0, 0.05) is 12.2 Å². The van der Waals surface area contributed by atoms with Crippen molar-refractivity contribution in [1.82, 2.24) is 0 Å². The van der Waals surface area contributed by atoms with Crippen LogP contribution in [0, 0.1) is 11.8 Å². The van der Waals surface area contributed by atoms with Crippen molar-refractivity contribution < 1.29 is 9.31 Å². The van der Waals surface area contributed by atoms with Crippen LogP contribution in [0.2, 0.25) is 5.82 Å². The van der Waals surface area contributed by atoms with Gasteiger partial charge in [0.15, 0.2) is 0 Å². The summed E-state index contributed by atoms with van der Waals surface area (Å²) in [4.78, 5) is 0. The van der Waals surface area contributed by atoms with E-state index in [0.717, 1.165) is 6.42 Å². The molecule has 0 bridgehead atoms. The highest BCUT2D eigenvalue weighted by molar-refractivity contribution is 6.76. The first-order chi connectivity index (χ1) is 12.1. The van der Waals surface area contributed by atoms with E-state index in [9.17, 15) is 0 Å². The summed E-state index contributed by atoms with van der Waals surface area (Å²) < 4.78 is 13.7. The molecule has 0 aromatic rings. The van der Waals surface area contributed by atoms with Crippen LogP contribution in [0.3, 0.4) is 0 Å². The molecule has 0 aromatic carbocycles. The van der Waals surface area contributed by atoms with Crippen molar-refractivity contribution in [2.45, 2.75) is 103 Å². The molecule has 2 saturated carbocycles. The lowest BCUT2D eigenvalue weighted by Gasteiger charge is -2.41. The lowest BCUT2D eigenvalue weighted by Crippen LogP contribution is -2.46. The van der Waals surface area contributed by atoms with Gasteiger partial charge in [-0.15, -0.1) is 12.2 Å². The fourth-order valence-corrected chi connectivity index (χ4v) is 5.94. The Kier molecular flexibility index (Phi) is 6.96. The molecule has 0 N–H and O–H groups in total. The summed E-state index contributed by atoms with van der Waals surface area (Å²) in [6.45, 7) is 7.21. The van der Waals surface area contributed by atoms with Gasteiger partial charge in [-0.05, 0) is 49.7 Å². The Bertz CT molecular complexity index is 417. The number of hydrogen-bond donors (Lipinski definition) is 0. The van der Waals surface area contributed by atoms with Gasteiger partial charge < -0.3 is 9.31 Å². The predicted molar refractivity (Wildman–Crippen MR) is 108 cm³/mol. The van der Waals surface area contributed by atoms with Crippen LogP contribution >= 0.6 is 11.6 Å². The molecule has 0 amide bonds. The molecule has 0 spiro atoms. The van der Waals surface area contributed by atoms with Crippen LogP contribution in [0.15, 0.2) is 12.2 Å². The van der Waals surface area contributed by atoms with Gasteiger partial charge in [0.25, 0.3) is 6.55 Å². The molecular weight excluding hydrogens is 330 g/mol. The third kappa shape index (κ3) is 4.14. The maximum absolute atomic E-state index is 6.84. The Balaban J connectivity index is 1.83. The van der Waals surface area contributed by atoms with Crippen molar-refractivity contribution in [3.8, 4) is 0 Å². The van der Waals surface area contributed by atoms with Crippen molar-refractivity contribution in [2.24, 2.45) is 11.8 Å². The van der Waals surface area contributed by atoms with Crippen molar-refractivity contribution in [2.75, 3.05) is 5.78 Å². The molecular formula is C21H37BClO2-. The van der Waals surface area contributed by atoms with E-state index in [1.165, 1.54) is 69.8 Å².